The third-order valence-corrected chi connectivity index (χ3v) is 3.84. The standard InChI is InChI=1S/C20H14/c1-2-8-15(9-3-1)14-20-18-12-6-4-10-16(18)17-11-5-7-13-19(17)20/h1-14H. The lowest BCUT2D eigenvalue weighted by atomic mass is 10.0. The van der Waals surface area contributed by atoms with Gasteiger partial charge in [-0.1, -0.05) is 78.9 Å². The van der Waals surface area contributed by atoms with Crippen molar-refractivity contribution in [1.82, 2.24) is 0 Å². The van der Waals surface area contributed by atoms with E-state index in [1.54, 1.807) is 0 Å². The van der Waals surface area contributed by atoms with E-state index in [4.69, 9.17) is 0 Å². The zero-order chi connectivity index (χ0) is 13.4. The largest absolute Gasteiger partial charge is 0.0622 e. The van der Waals surface area contributed by atoms with Crippen molar-refractivity contribution >= 4 is 11.6 Å². The average molecular weight is 254 g/mol. The summed E-state index contributed by atoms with van der Waals surface area (Å²) in [6, 6.07) is 27.8. The number of rotatable bonds is 1. The molecule has 0 heterocycles. The average Bonchev–Trinajstić information content (AvgIpc) is 2.84. The van der Waals surface area contributed by atoms with E-state index in [-0.39, 0.29) is 0 Å². The number of benzene rings is 3. The van der Waals surface area contributed by atoms with Crippen molar-refractivity contribution in [2.45, 2.75) is 0 Å². The molecule has 0 aliphatic heterocycles. The maximum Gasteiger partial charge on any atom is -0.00930 e. The summed E-state index contributed by atoms with van der Waals surface area (Å²) in [5, 5.41) is 0. The summed E-state index contributed by atoms with van der Waals surface area (Å²) in [4.78, 5) is 0. The lowest BCUT2D eigenvalue weighted by molar-refractivity contribution is 1.64. The Bertz CT molecular complexity index is 748. The van der Waals surface area contributed by atoms with Crippen LogP contribution >= 0.6 is 0 Å². The Morgan fingerprint density at radius 1 is 0.450 bits per heavy atom. The molecule has 1 aliphatic rings. The topological polar surface area (TPSA) is 0 Å². The maximum absolute atomic E-state index is 2.28. The smallest absolute Gasteiger partial charge is 0.00930 e. The lowest BCUT2D eigenvalue weighted by Gasteiger charge is -2.02. The molecule has 0 N–H and O–H groups in total. The molecular formula is C20H14. The van der Waals surface area contributed by atoms with E-state index in [9.17, 15) is 0 Å². The molecule has 94 valence electrons. The van der Waals surface area contributed by atoms with Crippen LogP contribution < -0.4 is 0 Å². The van der Waals surface area contributed by atoms with E-state index < -0.39 is 0 Å². The second kappa shape index (κ2) is 4.50. The highest BCUT2D eigenvalue weighted by atomic mass is 14.2. The Labute approximate surface area is 119 Å². The second-order valence-electron chi connectivity index (χ2n) is 5.06. The van der Waals surface area contributed by atoms with Gasteiger partial charge in [0.2, 0.25) is 0 Å². The molecule has 0 heteroatoms. The quantitative estimate of drug-likeness (QED) is 0.435. The fourth-order valence-electron chi connectivity index (χ4n) is 2.92. The van der Waals surface area contributed by atoms with Gasteiger partial charge in [0, 0.05) is 0 Å². The Balaban J connectivity index is 1.99. The molecule has 20 heavy (non-hydrogen) atoms. The van der Waals surface area contributed by atoms with Gasteiger partial charge >= 0.3 is 0 Å². The van der Waals surface area contributed by atoms with E-state index in [0.29, 0.717) is 0 Å². The van der Waals surface area contributed by atoms with Gasteiger partial charge in [-0.25, -0.2) is 0 Å². The molecule has 0 bridgehead atoms. The van der Waals surface area contributed by atoms with Crippen LogP contribution in [0.4, 0.5) is 0 Å². The van der Waals surface area contributed by atoms with E-state index in [1.165, 1.54) is 33.4 Å². The van der Waals surface area contributed by atoms with Crippen molar-refractivity contribution in [3.63, 3.8) is 0 Å². The third kappa shape index (κ3) is 1.70. The molecule has 0 aromatic heterocycles. The molecule has 0 nitrogen and oxygen atoms in total. The summed E-state index contributed by atoms with van der Waals surface area (Å²) in [6.07, 6.45) is 2.28. The summed E-state index contributed by atoms with van der Waals surface area (Å²) in [7, 11) is 0. The Hall–Kier alpha value is -2.60. The van der Waals surface area contributed by atoms with Gasteiger partial charge in [0.25, 0.3) is 0 Å². The van der Waals surface area contributed by atoms with E-state index in [1.807, 2.05) is 0 Å². The number of hydrogen-bond acceptors (Lipinski definition) is 0. The first-order valence-corrected chi connectivity index (χ1v) is 6.89. The van der Waals surface area contributed by atoms with Crippen LogP contribution in [0.2, 0.25) is 0 Å². The fourth-order valence-corrected chi connectivity index (χ4v) is 2.92. The number of fused-ring (bicyclic) bond motifs is 3. The molecule has 0 spiro atoms. The van der Waals surface area contributed by atoms with E-state index in [0.717, 1.165) is 0 Å². The van der Waals surface area contributed by atoms with Gasteiger partial charge in [-0.05, 0) is 39.5 Å². The van der Waals surface area contributed by atoms with Gasteiger partial charge < -0.3 is 0 Å². The predicted octanol–water partition coefficient (Wildman–Crippen LogP) is 5.26. The van der Waals surface area contributed by atoms with Gasteiger partial charge in [-0.15, -0.1) is 0 Å². The van der Waals surface area contributed by atoms with E-state index >= 15 is 0 Å². The van der Waals surface area contributed by atoms with Crippen molar-refractivity contribution in [2.75, 3.05) is 0 Å². The number of hydrogen-bond donors (Lipinski definition) is 0. The molecule has 1 aliphatic carbocycles. The summed E-state index contributed by atoms with van der Waals surface area (Å²) in [6.45, 7) is 0. The van der Waals surface area contributed by atoms with Crippen LogP contribution in [0.5, 0.6) is 0 Å². The Kier molecular flexibility index (Phi) is 2.53. The summed E-state index contributed by atoms with van der Waals surface area (Å²) in [5.74, 6) is 0. The summed E-state index contributed by atoms with van der Waals surface area (Å²) < 4.78 is 0. The Morgan fingerprint density at radius 3 is 1.45 bits per heavy atom. The van der Waals surface area contributed by atoms with Gasteiger partial charge in [-0.2, -0.15) is 0 Å². The molecule has 4 rings (SSSR count). The molecular weight excluding hydrogens is 240 g/mol. The summed E-state index contributed by atoms with van der Waals surface area (Å²) >= 11 is 0. The van der Waals surface area contributed by atoms with Gasteiger partial charge in [-0.3, -0.25) is 0 Å². The predicted molar refractivity (Wildman–Crippen MR) is 85.3 cm³/mol. The Morgan fingerprint density at radius 2 is 0.900 bits per heavy atom. The van der Waals surface area contributed by atoms with E-state index in [2.05, 4.69) is 84.9 Å². The molecule has 0 unspecified atom stereocenters. The SMILES string of the molecule is C(=C1c2ccccc2-c2ccccc21)c1ccccc1. The lowest BCUT2D eigenvalue weighted by Crippen LogP contribution is -1.81. The van der Waals surface area contributed by atoms with Crippen LogP contribution in [-0.4, -0.2) is 0 Å². The first kappa shape index (κ1) is 11.2. The second-order valence-corrected chi connectivity index (χ2v) is 5.06. The molecule has 3 aromatic carbocycles. The van der Waals surface area contributed by atoms with Gasteiger partial charge in [0.1, 0.15) is 0 Å². The third-order valence-electron chi connectivity index (χ3n) is 3.84. The molecule has 0 radical (unpaired) electrons. The van der Waals surface area contributed by atoms with Crippen LogP contribution in [0.1, 0.15) is 16.7 Å². The first-order chi connectivity index (χ1) is 9.93. The van der Waals surface area contributed by atoms with Crippen molar-refractivity contribution in [3.8, 4) is 11.1 Å². The van der Waals surface area contributed by atoms with Crippen molar-refractivity contribution in [2.24, 2.45) is 0 Å². The normalized spacial score (nSPS) is 11.9. The van der Waals surface area contributed by atoms with Gasteiger partial charge in [0.15, 0.2) is 0 Å². The van der Waals surface area contributed by atoms with Gasteiger partial charge in [0.05, 0.1) is 0 Å². The fraction of sp³-hybridized carbons (Fsp3) is 0. The van der Waals surface area contributed by atoms with Crippen molar-refractivity contribution in [3.05, 3.63) is 95.6 Å². The maximum atomic E-state index is 2.28. The first-order valence-electron chi connectivity index (χ1n) is 6.89. The minimum Gasteiger partial charge on any atom is -0.0622 e. The highest BCUT2D eigenvalue weighted by Crippen LogP contribution is 2.44. The highest BCUT2D eigenvalue weighted by Gasteiger charge is 2.21. The van der Waals surface area contributed by atoms with Crippen LogP contribution in [0.3, 0.4) is 0 Å². The van der Waals surface area contributed by atoms with Crippen LogP contribution in [-0.2, 0) is 0 Å². The highest BCUT2D eigenvalue weighted by molar-refractivity contribution is 6.06. The minimum atomic E-state index is 1.24. The molecule has 0 saturated carbocycles. The van der Waals surface area contributed by atoms with Crippen LogP contribution in [0.15, 0.2) is 78.9 Å². The molecule has 0 saturated heterocycles. The van der Waals surface area contributed by atoms with Crippen molar-refractivity contribution in [1.29, 1.82) is 0 Å². The minimum absolute atomic E-state index is 1.24. The molecule has 0 amide bonds. The zero-order valence-corrected chi connectivity index (χ0v) is 11.1. The van der Waals surface area contributed by atoms with Crippen LogP contribution in [0.25, 0.3) is 22.8 Å². The molecule has 0 atom stereocenters. The zero-order valence-electron chi connectivity index (χ0n) is 11.1. The molecule has 3 aromatic rings. The van der Waals surface area contributed by atoms with Crippen molar-refractivity contribution < 1.29 is 0 Å². The van der Waals surface area contributed by atoms with Crippen LogP contribution in [0, 0.1) is 0 Å². The molecule has 0 fully saturated rings. The monoisotopic (exact) mass is 254 g/mol. The summed E-state index contributed by atoms with van der Waals surface area (Å²) in [5.41, 5.74) is 7.90.